The highest BCUT2D eigenvalue weighted by atomic mass is 32.1. The van der Waals surface area contributed by atoms with E-state index >= 15 is 0 Å². The summed E-state index contributed by atoms with van der Waals surface area (Å²) >= 11 is 1.63. The molecule has 2 aromatic heterocycles. The number of thiazole rings is 1. The summed E-state index contributed by atoms with van der Waals surface area (Å²) < 4.78 is 7.75. The highest BCUT2D eigenvalue weighted by Gasteiger charge is 2.38. The molecule has 1 fully saturated rings. The van der Waals surface area contributed by atoms with Gasteiger partial charge in [-0.05, 0) is 26.7 Å². The van der Waals surface area contributed by atoms with Crippen LogP contribution in [0.2, 0.25) is 0 Å². The average Bonchev–Trinajstić information content (AvgIpc) is 3.19. The van der Waals surface area contributed by atoms with Gasteiger partial charge in [0, 0.05) is 30.3 Å². The summed E-state index contributed by atoms with van der Waals surface area (Å²) in [6.45, 7) is 5.15. The number of ether oxygens (including phenoxy) is 1. The largest absolute Gasteiger partial charge is 0.368 e. The average molecular weight is 334 g/mol. The normalized spacial score (nSPS) is 20.8. The zero-order valence-corrected chi connectivity index (χ0v) is 14.6. The maximum atomic E-state index is 12.3. The van der Waals surface area contributed by atoms with Crippen LogP contribution in [0.5, 0.6) is 0 Å². The van der Waals surface area contributed by atoms with Crippen LogP contribution >= 0.6 is 11.3 Å². The van der Waals surface area contributed by atoms with Crippen molar-refractivity contribution in [2.24, 2.45) is 7.05 Å². The highest BCUT2D eigenvalue weighted by molar-refractivity contribution is 7.11. The Labute approximate surface area is 139 Å². The molecule has 7 heteroatoms. The number of carbonyl (C=O) groups is 1. The monoisotopic (exact) mass is 334 g/mol. The zero-order chi connectivity index (χ0) is 16.4. The third kappa shape index (κ3) is 3.45. The summed E-state index contributed by atoms with van der Waals surface area (Å²) in [4.78, 5) is 17.8. The summed E-state index contributed by atoms with van der Waals surface area (Å²) in [5.41, 5.74) is 1.45. The number of aryl methyl sites for hydroxylation is 3. The van der Waals surface area contributed by atoms with E-state index in [1.54, 1.807) is 16.0 Å². The van der Waals surface area contributed by atoms with Crippen LogP contribution < -0.4 is 5.32 Å². The second-order valence-corrected chi connectivity index (χ2v) is 7.45. The van der Waals surface area contributed by atoms with E-state index in [2.05, 4.69) is 15.4 Å². The predicted octanol–water partition coefficient (Wildman–Crippen LogP) is 1.86. The van der Waals surface area contributed by atoms with E-state index in [9.17, 15) is 4.79 Å². The summed E-state index contributed by atoms with van der Waals surface area (Å²) in [5.74, 6) is -0.0165. The number of hydrogen-bond donors (Lipinski definition) is 1. The molecule has 1 aliphatic heterocycles. The molecule has 3 heterocycles. The Kier molecular flexibility index (Phi) is 4.50. The quantitative estimate of drug-likeness (QED) is 0.906. The van der Waals surface area contributed by atoms with E-state index in [0.717, 1.165) is 40.6 Å². The smallest absolute Gasteiger partial charge is 0.226 e. The molecule has 1 atom stereocenters. The van der Waals surface area contributed by atoms with Crippen molar-refractivity contribution in [1.82, 2.24) is 20.1 Å². The maximum absolute atomic E-state index is 12.3. The lowest BCUT2D eigenvalue weighted by Gasteiger charge is -2.27. The van der Waals surface area contributed by atoms with Crippen molar-refractivity contribution in [3.8, 4) is 0 Å². The molecule has 6 nitrogen and oxygen atoms in total. The molecule has 3 rings (SSSR count). The molecule has 1 unspecified atom stereocenters. The van der Waals surface area contributed by atoms with Gasteiger partial charge in [-0.2, -0.15) is 5.10 Å². The van der Waals surface area contributed by atoms with Gasteiger partial charge < -0.3 is 10.1 Å². The van der Waals surface area contributed by atoms with Crippen molar-refractivity contribution in [3.05, 3.63) is 33.5 Å². The number of hydrogen-bond acceptors (Lipinski definition) is 5. The molecule has 1 saturated heterocycles. The van der Waals surface area contributed by atoms with Crippen molar-refractivity contribution in [2.45, 2.75) is 38.7 Å². The van der Waals surface area contributed by atoms with Gasteiger partial charge >= 0.3 is 0 Å². The minimum Gasteiger partial charge on any atom is -0.368 e. The molecule has 1 amide bonds. The molecule has 0 aliphatic carbocycles. The van der Waals surface area contributed by atoms with E-state index in [1.807, 2.05) is 33.3 Å². The highest BCUT2D eigenvalue weighted by Crippen LogP contribution is 2.35. The molecule has 0 spiro atoms. The van der Waals surface area contributed by atoms with Crippen LogP contribution in [0, 0.1) is 13.8 Å². The first-order chi connectivity index (χ1) is 11.0. The lowest BCUT2D eigenvalue weighted by Crippen LogP contribution is -2.40. The molecule has 0 bridgehead atoms. The number of amides is 1. The summed E-state index contributed by atoms with van der Waals surface area (Å²) in [6, 6.07) is 0. The van der Waals surface area contributed by atoms with E-state index in [4.69, 9.17) is 4.74 Å². The Balaban J connectivity index is 1.65. The number of nitrogens with zero attached hydrogens (tertiary/aromatic N) is 3. The lowest BCUT2D eigenvalue weighted by atomic mass is 9.93. The fourth-order valence-electron chi connectivity index (χ4n) is 3.02. The molecule has 0 aromatic carbocycles. The molecule has 23 heavy (non-hydrogen) atoms. The standard InChI is InChI=1S/C16H22N4O2S/c1-11-14(19-12(2)23-11)7-15(21)17-10-16(5-4-6-22-16)13-8-18-20(3)9-13/h8-9H,4-7,10H2,1-3H3,(H,17,21). The van der Waals surface area contributed by atoms with Gasteiger partial charge in [0.05, 0.1) is 29.9 Å². The zero-order valence-electron chi connectivity index (χ0n) is 13.8. The Morgan fingerprint density at radius 2 is 2.35 bits per heavy atom. The SMILES string of the molecule is Cc1nc(CC(=O)NCC2(c3cnn(C)c3)CCCO2)c(C)s1. The van der Waals surface area contributed by atoms with Gasteiger partial charge in [0.2, 0.25) is 5.91 Å². The Morgan fingerprint density at radius 1 is 1.52 bits per heavy atom. The third-order valence-electron chi connectivity index (χ3n) is 4.23. The van der Waals surface area contributed by atoms with Gasteiger partial charge in [-0.25, -0.2) is 4.98 Å². The molecular formula is C16H22N4O2S. The molecule has 0 saturated carbocycles. The molecule has 124 valence electrons. The van der Waals surface area contributed by atoms with Crippen molar-refractivity contribution in [2.75, 3.05) is 13.2 Å². The van der Waals surface area contributed by atoms with Crippen LogP contribution in [-0.2, 0) is 28.6 Å². The summed E-state index contributed by atoms with van der Waals surface area (Å²) in [6.07, 6.45) is 6.00. The Hall–Kier alpha value is -1.73. The molecule has 2 aromatic rings. The second-order valence-electron chi connectivity index (χ2n) is 6.04. The number of aromatic nitrogens is 3. The number of nitrogens with one attached hydrogen (secondary N) is 1. The van der Waals surface area contributed by atoms with Crippen LogP contribution in [-0.4, -0.2) is 33.8 Å². The van der Waals surface area contributed by atoms with E-state index in [-0.39, 0.29) is 5.91 Å². The van der Waals surface area contributed by atoms with E-state index in [0.29, 0.717) is 13.0 Å². The first kappa shape index (κ1) is 16.1. The topological polar surface area (TPSA) is 69.0 Å². The molecule has 1 aliphatic rings. The molecule has 0 radical (unpaired) electrons. The molecule has 1 N–H and O–H groups in total. The fourth-order valence-corrected chi connectivity index (χ4v) is 3.85. The maximum Gasteiger partial charge on any atom is 0.226 e. The van der Waals surface area contributed by atoms with Crippen molar-refractivity contribution >= 4 is 17.2 Å². The second kappa shape index (κ2) is 6.41. The van der Waals surface area contributed by atoms with Crippen LogP contribution in [0.1, 0.15) is 34.0 Å². The minimum absolute atomic E-state index is 0.0165. The first-order valence-electron chi connectivity index (χ1n) is 7.81. The van der Waals surface area contributed by atoms with Crippen LogP contribution in [0.3, 0.4) is 0 Å². The number of rotatable bonds is 5. The van der Waals surface area contributed by atoms with Gasteiger partial charge in [0.1, 0.15) is 5.60 Å². The third-order valence-corrected chi connectivity index (χ3v) is 5.16. The molecular weight excluding hydrogens is 312 g/mol. The van der Waals surface area contributed by atoms with Crippen LogP contribution in [0.25, 0.3) is 0 Å². The summed E-state index contributed by atoms with van der Waals surface area (Å²) in [7, 11) is 1.89. The van der Waals surface area contributed by atoms with Gasteiger partial charge in [-0.1, -0.05) is 0 Å². The van der Waals surface area contributed by atoms with Crippen LogP contribution in [0.4, 0.5) is 0 Å². The van der Waals surface area contributed by atoms with E-state index < -0.39 is 5.60 Å². The van der Waals surface area contributed by atoms with Gasteiger partial charge in [0.25, 0.3) is 0 Å². The number of carbonyl (C=O) groups excluding carboxylic acids is 1. The van der Waals surface area contributed by atoms with Gasteiger partial charge in [0.15, 0.2) is 0 Å². The van der Waals surface area contributed by atoms with E-state index in [1.165, 1.54) is 0 Å². The Morgan fingerprint density at radius 3 is 2.91 bits per heavy atom. The van der Waals surface area contributed by atoms with Crippen molar-refractivity contribution in [1.29, 1.82) is 0 Å². The van der Waals surface area contributed by atoms with Crippen LogP contribution in [0.15, 0.2) is 12.4 Å². The van der Waals surface area contributed by atoms with Gasteiger partial charge in [-0.3, -0.25) is 9.48 Å². The van der Waals surface area contributed by atoms with Crippen molar-refractivity contribution < 1.29 is 9.53 Å². The Bertz CT molecular complexity index is 701. The lowest BCUT2D eigenvalue weighted by molar-refractivity contribution is -0.122. The summed E-state index contributed by atoms with van der Waals surface area (Å²) in [5, 5.41) is 8.25. The fraction of sp³-hybridized carbons (Fsp3) is 0.562. The predicted molar refractivity (Wildman–Crippen MR) is 88.4 cm³/mol. The van der Waals surface area contributed by atoms with Crippen molar-refractivity contribution in [3.63, 3.8) is 0 Å². The van der Waals surface area contributed by atoms with Gasteiger partial charge in [-0.15, -0.1) is 11.3 Å². The minimum atomic E-state index is -0.447. The first-order valence-corrected chi connectivity index (χ1v) is 8.63.